The van der Waals surface area contributed by atoms with Crippen molar-refractivity contribution in [3.05, 3.63) is 0 Å². The molecule has 100 valence electrons. The molecule has 0 heterocycles. The van der Waals surface area contributed by atoms with Gasteiger partial charge < -0.3 is 16.0 Å². The predicted molar refractivity (Wildman–Crippen MR) is 68.5 cm³/mol. The Balaban J connectivity index is 3.49. The van der Waals surface area contributed by atoms with Crippen molar-refractivity contribution in [1.82, 2.24) is 10.2 Å². The molecular formula is C12H25N3O2. The van der Waals surface area contributed by atoms with Crippen LogP contribution in [0.2, 0.25) is 0 Å². The minimum absolute atomic E-state index is 0.0457. The van der Waals surface area contributed by atoms with Crippen LogP contribution in [-0.2, 0) is 9.59 Å². The first-order valence-corrected chi connectivity index (χ1v) is 6.32. The lowest BCUT2D eigenvalue weighted by Gasteiger charge is -2.14. The van der Waals surface area contributed by atoms with Gasteiger partial charge in [0.15, 0.2) is 0 Å². The molecule has 0 atom stereocenters. The van der Waals surface area contributed by atoms with Crippen LogP contribution in [0.3, 0.4) is 0 Å². The first-order chi connectivity index (χ1) is 8.11. The van der Waals surface area contributed by atoms with Crippen molar-refractivity contribution in [3.8, 4) is 0 Å². The van der Waals surface area contributed by atoms with Gasteiger partial charge in [-0.2, -0.15) is 0 Å². The Labute approximate surface area is 104 Å². The van der Waals surface area contributed by atoms with Crippen LogP contribution in [0.15, 0.2) is 0 Å². The number of hydrogen-bond donors (Lipinski definition) is 2. The number of carbonyl (C=O) groups is 2. The average molecular weight is 243 g/mol. The number of likely N-dealkylation sites (N-methyl/N-ethyl adjacent to an activating group) is 1. The summed E-state index contributed by atoms with van der Waals surface area (Å²) in [5.41, 5.74) is 5.37. The molecule has 0 bridgehead atoms. The summed E-state index contributed by atoms with van der Waals surface area (Å²) in [4.78, 5) is 24.4. The molecule has 0 saturated carbocycles. The van der Waals surface area contributed by atoms with Crippen molar-refractivity contribution < 1.29 is 9.59 Å². The van der Waals surface area contributed by atoms with Gasteiger partial charge in [0.25, 0.3) is 0 Å². The quantitative estimate of drug-likeness (QED) is 0.579. The van der Waals surface area contributed by atoms with Gasteiger partial charge in [0.05, 0.1) is 6.54 Å². The molecule has 0 radical (unpaired) electrons. The summed E-state index contributed by atoms with van der Waals surface area (Å²) in [6, 6.07) is 0. The van der Waals surface area contributed by atoms with Gasteiger partial charge in [-0.05, 0) is 26.3 Å². The highest BCUT2D eigenvalue weighted by Crippen LogP contribution is 2.01. The van der Waals surface area contributed by atoms with Crippen LogP contribution in [-0.4, -0.2) is 43.4 Å². The number of rotatable bonds is 9. The molecular weight excluding hydrogens is 218 g/mol. The minimum atomic E-state index is -0.0519. The molecule has 3 N–H and O–H groups in total. The Morgan fingerprint density at radius 3 is 2.41 bits per heavy atom. The van der Waals surface area contributed by atoms with E-state index < -0.39 is 0 Å². The molecule has 2 amide bonds. The summed E-state index contributed by atoms with van der Waals surface area (Å²) >= 11 is 0. The van der Waals surface area contributed by atoms with Gasteiger partial charge in [0.2, 0.25) is 11.8 Å². The lowest BCUT2D eigenvalue weighted by Crippen LogP contribution is -2.37. The van der Waals surface area contributed by atoms with E-state index in [1.165, 1.54) is 0 Å². The van der Waals surface area contributed by atoms with Crippen molar-refractivity contribution in [2.45, 2.75) is 39.0 Å². The third-order valence-electron chi connectivity index (χ3n) is 2.69. The normalized spacial score (nSPS) is 10.1. The van der Waals surface area contributed by atoms with Crippen LogP contribution >= 0.6 is 0 Å². The highest BCUT2D eigenvalue weighted by atomic mass is 16.2. The predicted octanol–water partition coefficient (Wildman–Crippen LogP) is 0.490. The maximum absolute atomic E-state index is 11.4. The zero-order valence-corrected chi connectivity index (χ0v) is 11.0. The lowest BCUT2D eigenvalue weighted by molar-refractivity contribution is -0.131. The van der Waals surface area contributed by atoms with Crippen LogP contribution in [0.5, 0.6) is 0 Å². The van der Waals surface area contributed by atoms with Crippen molar-refractivity contribution in [2.24, 2.45) is 5.73 Å². The molecule has 5 heteroatoms. The summed E-state index contributed by atoms with van der Waals surface area (Å²) in [5, 5.41) is 2.63. The maximum Gasteiger partial charge on any atom is 0.241 e. The van der Waals surface area contributed by atoms with Crippen LogP contribution in [0.1, 0.15) is 39.0 Å². The van der Waals surface area contributed by atoms with E-state index in [1.54, 1.807) is 11.9 Å². The Morgan fingerprint density at radius 1 is 1.18 bits per heavy atom. The number of nitrogens with one attached hydrogen (secondary N) is 1. The van der Waals surface area contributed by atoms with Gasteiger partial charge in [-0.15, -0.1) is 0 Å². The molecule has 17 heavy (non-hydrogen) atoms. The van der Waals surface area contributed by atoms with Gasteiger partial charge in [0.1, 0.15) is 0 Å². The summed E-state index contributed by atoms with van der Waals surface area (Å²) in [6.07, 6.45) is 4.47. The molecule has 0 saturated heterocycles. The molecule has 0 aromatic heterocycles. The number of unbranched alkanes of at least 4 members (excludes halogenated alkanes) is 3. The van der Waals surface area contributed by atoms with E-state index in [0.717, 1.165) is 25.7 Å². The zero-order valence-electron chi connectivity index (χ0n) is 11.0. The molecule has 0 aliphatic carbocycles. The monoisotopic (exact) mass is 243 g/mol. The van der Waals surface area contributed by atoms with Gasteiger partial charge in [-0.3, -0.25) is 9.59 Å². The first-order valence-electron chi connectivity index (χ1n) is 6.32. The summed E-state index contributed by atoms with van der Waals surface area (Å²) in [5.74, 6) is -0.0976. The second-order valence-electron chi connectivity index (χ2n) is 4.14. The Morgan fingerprint density at radius 2 is 1.82 bits per heavy atom. The highest BCUT2D eigenvalue weighted by molar-refractivity contribution is 5.84. The van der Waals surface area contributed by atoms with E-state index in [4.69, 9.17) is 5.73 Å². The van der Waals surface area contributed by atoms with Gasteiger partial charge in [-0.1, -0.05) is 12.8 Å². The van der Waals surface area contributed by atoms with E-state index in [1.807, 2.05) is 6.92 Å². The SMILES string of the molecule is CCN(C)C(=O)CNC(=O)CCCCCCN. The lowest BCUT2D eigenvalue weighted by atomic mass is 10.1. The third kappa shape index (κ3) is 8.68. The van der Waals surface area contributed by atoms with Gasteiger partial charge in [0, 0.05) is 20.0 Å². The van der Waals surface area contributed by atoms with Gasteiger partial charge in [-0.25, -0.2) is 0 Å². The second kappa shape index (κ2) is 10.1. The summed E-state index contributed by atoms with van der Waals surface area (Å²) in [7, 11) is 1.72. The number of amides is 2. The zero-order chi connectivity index (χ0) is 13.1. The largest absolute Gasteiger partial charge is 0.347 e. The van der Waals surface area contributed by atoms with Crippen LogP contribution < -0.4 is 11.1 Å². The molecule has 0 rings (SSSR count). The number of nitrogens with two attached hydrogens (primary N) is 1. The van der Waals surface area contributed by atoms with E-state index in [2.05, 4.69) is 5.32 Å². The number of carbonyl (C=O) groups excluding carboxylic acids is 2. The molecule has 0 aliphatic heterocycles. The molecule has 5 nitrogen and oxygen atoms in total. The minimum Gasteiger partial charge on any atom is -0.347 e. The molecule has 0 fully saturated rings. The fourth-order valence-electron chi connectivity index (χ4n) is 1.36. The smallest absolute Gasteiger partial charge is 0.241 e. The summed E-state index contributed by atoms with van der Waals surface area (Å²) in [6.45, 7) is 3.38. The Hall–Kier alpha value is -1.10. The number of hydrogen-bond acceptors (Lipinski definition) is 3. The Kier molecular flexibility index (Phi) is 9.43. The standard InChI is InChI=1S/C12H25N3O2/c1-3-15(2)12(17)10-14-11(16)8-6-4-5-7-9-13/h3-10,13H2,1-2H3,(H,14,16). The van der Waals surface area contributed by atoms with Crippen LogP contribution in [0.25, 0.3) is 0 Å². The van der Waals surface area contributed by atoms with E-state index in [-0.39, 0.29) is 18.4 Å². The van der Waals surface area contributed by atoms with Crippen LogP contribution in [0, 0.1) is 0 Å². The average Bonchev–Trinajstić information content (AvgIpc) is 2.34. The van der Waals surface area contributed by atoms with Gasteiger partial charge >= 0.3 is 0 Å². The second-order valence-corrected chi connectivity index (χ2v) is 4.14. The molecule has 0 spiro atoms. The van der Waals surface area contributed by atoms with E-state index in [0.29, 0.717) is 19.5 Å². The van der Waals surface area contributed by atoms with Crippen molar-refractivity contribution in [3.63, 3.8) is 0 Å². The fourth-order valence-corrected chi connectivity index (χ4v) is 1.36. The third-order valence-corrected chi connectivity index (χ3v) is 2.69. The highest BCUT2D eigenvalue weighted by Gasteiger charge is 2.08. The van der Waals surface area contributed by atoms with Crippen LogP contribution in [0.4, 0.5) is 0 Å². The molecule has 0 aromatic carbocycles. The van der Waals surface area contributed by atoms with E-state index >= 15 is 0 Å². The molecule has 0 unspecified atom stereocenters. The van der Waals surface area contributed by atoms with Crippen molar-refractivity contribution in [1.29, 1.82) is 0 Å². The Bertz CT molecular complexity index is 232. The molecule has 0 aromatic rings. The summed E-state index contributed by atoms with van der Waals surface area (Å²) < 4.78 is 0. The first kappa shape index (κ1) is 15.9. The topological polar surface area (TPSA) is 75.4 Å². The molecule has 0 aliphatic rings. The fraction of sp³-hybridized carbons (Fsp3) is 0.833. The van der Waals surface area contributed by atoms with Crippen molar-refractivity contribution in [2.75, 3.05) is 26.7 Å². The van der Waals surface area contributed by atoms with Crippen molar-refractivity contribution >= 4 is 11.8 Å². The maximum atomic E-state index is 11.4. The number of nitrogens with zero attached hydrogens (tertiary/aromatic N) is 1. The van der Waals surface area contributed by atoms with E-state index in [9.17, 15) is 9.59 Å².